The van der Waals surface area contributed by atoms with E-state index in [1.807, 2.05) is 36.6 Å². The molecule has 2 aliphatic rings. The van der Waals surface area contributed by atoms with E-state index in [9.17, 15) is 9.59 Å². The van der Waals surface area contributed by atoms with Crippen LogP contribution in [0.4, 0.5) is 0 Å². The lowest BCUT2D eigenvalue weighted by Crippen LogP contribution is -2.53. The number of aromatic nitrogens is 1. The average Bonchev–Trinajstić information content (AvgIpc) is 3.31. The van der Waals surface area contributed by atoms with Gasteiger partial charge in [-0.25, -0.2) is 0 Å². The molecule has 0 unspecified atom stereocenters. The van der Waals surface area contributed by atoms with Crippen LogP contribution in [0.2, 0.25) is 0 Å². The van der Waals surface area contributed by atoms with Crippen LogP contribution >= 0.6 is 0 Å². The number of hydrogen-bond donors (Lipinski definition) is 0. The molecule has 0 spiro atoms. The normalized spacial score (nSPS) is 18.9. The number of hydrogen-bond acceptors (Lipinski definition) is 2. The van der Waals surface area contributed by atoms with Crippen molar-refractivity contribution in [2.75, 3.05) is 26.2 Å². The van der Waals surface area contributed by atoms with Crippen LogP contribution in [0.5, 0.6) is 0 Å². The van der Waals surface area contributed by atoms with Crippen LogP contribution < -0.4 is 0 Å². The molecule has 132 valence electrons. The summed E-state index contributed by atoms with van der Waals surface area (Å²) in [6.45, 7) is 12.5. The van der Waals surface area contributed by atoms with Crippen molar-refractivity contribution >= 4 is 11.8 Å². The maximum absolute atomic E-state index is 12.9. The van der Waals surface area contributed by atoms with Crippen LogP contribution in [0, 0.1) is 19.3 Å². The van der Waals surface area contributed by atoms with Gasteiger partial charge in [-0.3, -0.25) is 9.59 Å². The first-order valence-electron chi connectivity index (χ1n) is 8.97. The Morgan fingerprint density at radius 3 is 2.04 bits per heavy atom. The minimum Gasteiger partial charge on any atom is -0.345 e. The first-order chi connectivity index (χ1) is 11.2. The molecule has 0 radical (unpaired) electrons. The molecule has 1 saturated heterocycles. The summed E-state index contributed by atoms with van der Waals surface area (Å²) in [4.78, 5) is 29.1. The number of carbonyl (C=O) groups is 2. The maximum Gasteiger partial charge on any atom is 0.255 e. The van der Waals surface area contributed by atoms with Gasteiger partial charge in [0, 0.05) is 49.0 Å². The van der Waals surface area contributed by atoms with E-state index in [4.69, 9.17) is 0 Å². The van der Waals surface area contributed by atoms with Crippen LogP contribution in [0.1, 0.15) is 61.4 Å². The maximum atomic E-state index is 12.9. The smallest absolute Gasteiger partial charge is 0.255 e. The van der Waals surface area contributed by atoms with Crippen molar-refractivity contribution in [2.45, 2.75) is 53.5 Å². The fourth-order valence-electron chi connectivity index (χ4n) is 3.65. The van der Waals surface area contributed by atoms with Crippen LogP contribution in [-0.2, 0) is 4.79 Å². The zero-order valence-corrected chi connectivity index (χ0v) is 15.6. The molecule has 1 saturated carbocycles. The quantitative estimate of drug-likeness (QED) is 0.836. The number of amides is 2. The van der Waals surface area contributed by atoms with E-state index in [0.29, 0.717) is 32.2 Å². The summed E-state index contributed by atoms with van der Waals surface area (Å²) in [5.41, 5.74) is 2.74. The molecule has 2 amide bonds. The third-order valence-corrected chi connectivity index (χ3v) is 5.12. The first-order valence-corrected chi connectivity index (χ1v) is 8.97. The highest BCUT2D eigenvalue weighted by Gasteiger charge is 2.33. The Morgan fingerprint density at radius 1 is 1.00 bits per heavy atom. The zero-order valence-electron chi connectivity index (χ0n) is 15.6. The van der Waals surface area contributed by atoms with Crippen molar-refractivity contribution < 1.29 is 9.59 Å². The van der Waals surface area contributed by atoms with Crippen LogP contribution in [0.15, 0.2) is 6.07 Å². The lowest BCUT2D eigenvalue weighted by molar-refractivity contribution is -0.140. The van der Waals surface area contributed by atoms with E-state index in [1.54, 1.807) is 0 Å². The topological polar surface area (TPSA) is 45.6 Å². The van der Waals surface area contributed by atoms with E-state index < -0.39 is 0 Å². The van der Waals surface area contributed by atoms with Crippen molar-refractivity contribution in [3.05, 3.63) is 23.0 Å². The van der Waals surface area contributed by atoms with Gasteiger partial charge in [0.05, 0.1) is 5.56 Å². The highest BCUT2D eigenvalue weighted by Crippen LogP contribution is 2.38. The fourth-order valence-corrected chi connectivity index (χ4v) is 3.65. The SMILES string of the molecule is Cc1cc(C(=O)N2CCN(C(=O)C(C)(C)C)CC2)c(C)n1C1CC1. The Labute approximate surface area is 144 Å². The monoisotopic (exact) mass is 331 g/mol. The van der Waals surface area contributed by atoms with E-state index in [-0.39, 0.29) is 17.2 Å². The van der Waals surface area contributed by atoms with Gasteiger partial charge in [0.1, 0.15) is 0 Å². The minimum atomic E-state index is -0.360. The number of piperazine rings is 1. The summed E-state index contributed by atoms with van der Waals surface area (Å²) >= 11 is 0. The Kier molecular flexibility index (Phi) is 4.22. The molecule has 1 aromatic heterocycles. The van der Waals surface area contributed by atoms with Crippen LogP contribution in [0.25, 0.3) is 0 Å². The molecular weight excluding hydrogens is 302 g/mol. The fraction of sp³-hybridized carbons (Fsp3) is 0.684. The van der Waals surface area contributed by atoms with Gasteiger partial charge in [-0.15, -0.1) is 0 Å². The summed E-state index contributed by atoms with van der Waals surface area (Å²) in [5, 5.41) is 0. The molecule has 0 bridgehead atoms. The van der Waals surface area contributed by atoms with Gasteiger partial charge in [-0.2, -0.15) is 0 Å². The minimum absolute atomic E-state index is 0.109. The van der Waals surface area contributed by atoms with E-state index in [2.05, 4.69) is 18.4 Å². The highest BCUT2D eigenvalue weighted by molar-refractivity contribution is 5.96. The lowest BCUT2D eigenvalue weighted by Gasteiger charge is -2.37. The molecule has 1 aliphatic carbocycles. The van der Waals surface area contributed by atoms with E-state index in [1.165, 1.54) is 18.5 Å². The summed E-state index contributed by atoms with van der Waals surface area (Å²) < 4.78 is 2.31. The largest absolute Gasteiger partial charge is 0.345 e. The molecule has 0 aromatic carbocycles. The van der Waals surface area contributed by atoms with Crippen LogP contribution in [0.3, 0.4) is 0 Å². The molecule has 5 nitrogen and oxygen atoms in total. The van der Waals surface area contributed by atoms with Crippen molar-refractivity contribution in [3.63, 3.8) is 0 Å². The molecule has 0 N–H and O–H groups in total. The number of rotatable bonds is 2. The third kappa shape index (κ3) is 3.08. The van der Waals surface area contributed by atoms with Gasteiger partial charge in [-0.05, 0) is 32.8 Å². The first kappa shape index (κ1) is 17.1. The van der Waals surface area contributed by atoms with Gasteiger partial charge >= 0.3 is 0 Å². The second kappa shape index (κ2) is 5.94. The van der Waals surface area contributed by atoms with Gasteiger partial charge in [0.25, 0.3) is 5.91 Å². The highest BCUT2D eigenvalue weighted by atomic mass is 16.2. The van der Waals surface area contributed by atoms with E-state index >= 15 is 0 Å². The van der Waals surface area contributed by atoms with Gasteiger partial charge in [-0.1, -0.05) is 20.8 Å². The predicted molar refractivity (Wildman–Crippen MR) is 94.1 cm³/mol. The molecule has 2 fully saturated rings. The van der Waals surface area contributed by atoms with Gasteiger partial charge < -0.3 is 14.4 Å². The molecule has 0 atom stereocenters. The number of carbonyl (C=O) groups excluding carboxylic acids is 2. The Hall–Kier alpha value is -1.78. The summed E-state index contributed by atoms with van der Waals surface area (Å²) in [7, 11) is 0. The Bertz CT molecular complexity index is 657. The number of nitrogens with zero attached hydrogens (tertiary/aromatic N) is 3. The van der Waals surface area contributed by atoms with Crippen molar-refractivity contribution in [1.82, 2.24) is 14.4 Å². The van der Waals surface area contributed by atoms with Crippen molar-refractivity contribution in [2.24, 2.45) is 5.41 Å². The Morgan fingerprint density at radius 2 is 1.54 bits per heavy atom. The average molecular weight is 331 g/mol. The number of aryl methyl sites for hydroxylation is 1. The van der Waals surface area contributed by atoms with Crippen LogP contribution in [-0.4, -0.2) is 52.4 Å². The standard InChI is InChI=1S/C19H29N3O2/c1-13-12-16(14(2)22(13)15-6-7-15)17(23)20-8-10-21(11-9-20)18(24)19(3,4)5/h12,15H,6-11H2,1-5H3. The molecule has 1 aliphatic heterocycles. The van der Waals surface area contributed by atoms with Crippen molar-refractivity contribution in [3.8, 4) is 0 Å². The molecule has 24 heavy (non-hydrogen) atoms. The molecule has 5 heteroatoms. The second-order valence-electron chi connectivity index (χ2n) is 8.22. The second-order valence-corrected chi connectivity index (χ2v) is 8.22. The summed E-state index contributed by atoms with van der Waals surface area (Å²) in [5.74, 6) is 0.277. The third-order valence-electron chi connectivity index (χ3n) is 5.12. The van der Waals surface area contributed by atoms with E-state index in [0.717, 1.165) is 11.3 Å². The summed E-state index contributed by atoms with van der Waals surface area (Å²) in [6.07, 6.45) is 2.44. The molecule has 2 heterocycles. The lowest BCUT2D eigenvalue weighted by atomic mass is 9.94. The van der Waals surface area contributed by atoms with Gasteiger partial charge in [0.15, 0.2) is 0 Å². The molecular formula is C19H29N3O2. The molecule has 3 rings (SSSR count). The predicted octanol–water partition coefficient (Wildman–Crippen LogP) is 2.77. The Balaban J connectivity index is 1.68. The van der Waals surface area contributed by atoms with Crippen molar-refractivity contribution in [1.29, 1.82) is 0 Å². The summed E-state index contributed by atoms with van der Waals surface area (Å²) in [6, 6.07) is 2.62. The zero-order chi connectivity index (χ0) is 17.6. The molecule has 1 aromatic rings. The van der Waals surface area contributed by atoms with Gasteiger partial charge in [0.2, 0.25) is 5.91 Å².